The number of carbonyl (C=O) groups is 1. The molecule has 0 radical (unpaired) electrons. The minimum absolute atomic E-state index is 0.0694. The topological polar surface area (TPSA) is 82.5 Å². The molecule has 0 bridgehead atoms. The number of aliphatic hydroxyl groups excluding tert-OH is 1. The molecule has 1 atom stereocenters. The molecule has 0 aliphatic rings. The fourth-order valence-electron chi connectivity index (χ4n) is 1.60. The Kier molecular flexibility index (Phi) is 4.90. The Hall–Kier alpha value is -1.62. The van der Waals surface area contributed by atoms with Crippen molar-refractivity contribution in [3.63, 3.8) is 0 Å². The van der Waals surface area contributed by atoms with Gasteiger partial charge in [-0.15, -0.1) is 0 Å². The molecular weight excluding hydrogens is 220 g/mol. The summed E-state index contributed by atoms with van der Waals surface area (Å²) >= 11 is 0. The number of hydrogen-bond donors (Lipinski definition) is 3. The number of aromatic nitrogens is 1. The van der Waals surface area contributed by atoms with E-state index in [1.807, 2.05) is 13.8 Å². The number of nitrogens with zero attached hydrogens (tertiary/aromatic N) is 1. The second kappa shape index (κ2) is 6.20. The standard InChI is InChI=1S/C12H18N2O3/c1-3-9(4-5-15)14-11-6-8(2)13-7-10(11)12(16)17/h6-7,9,15H,3-5H2,1-2H3,(H,13,14)(H,16,17). The van der Waals surface area contributed by atoms with Gasteiger partial charge in [0.2, 0.25) is 0 Å². The van der Waals surface area contributed by atoms with Crippen molar-refractivity contribution in [2.24, 2.45) is 0 Å². The molecule has 1 rings (SSSR count). The highest BCUT2D eigenvalue weighted by molar-refractivity contribution is 5.93. The van der Waals surface area contributed by atoms with Gasteiger partial charge in [0, 0.05) is 24.5 Å². The van der Waals surface area contributed by atoms with Crippen LogP contribution >= 0.6 is 0 Å². The molecule has 3 N–H and O–H groups in total. The summed E-state index contributed by atoms with van der Waals surface area (Å²) in [5.74, 6) is -1.00. The van der Waals surface area contributed by atoms with Gasteiger partial charge in [-0.05, 0) is 25.8 Å². The number of carboxylic acids is 1. The quantitative estimate of drug-likeness (QED) is 0.702. The fraction of sp³-hybridized carbons (Fsp3) is 0.500. The lowest BCUT2D eigenvalue weighted by molar-refractivity contribution is 0.0697. The predicted octanol–water partition coefficient (Wildman–Crippen LogP) is 1.66. The van der Waals surface area contributed by atoms with E-state index in [4.69, 9.17) is 10.2 Å². The number of carboxylic acid groups (broad SMARTS) is 1. The van der Waals surface area contributed by atoms with Crippen LogP contribution in [0.1, 0.15) is 35.8 Å². The average molecular weight is 238 g/mol. The molecule has 0 aliphatic heterocycles. The molecule has 94 valence electrons. The van der Waals surface area contributed by atoms with Crippen LogP contribution in [0.25, 0.3) is 0 Å². The number of anilines is 1. The summed E-state index contributed by atoms with van der Waals surface area (Å²) in [6.45, 7) is 3.88. The zero-order chi connectivity index (χ0) is 12.8. The van der Waals surface area contributed by atoms with Crippen molar-refractivity contribution >= 4 is 11.7 Å². The summed E-state index contributed by atoms with van der Waals surface area (Å²) < 4.78 is 0. The molecule has 1 aromatic heterocycles. The van der Waals surface area contributed by atoms with Crippen molar-refractivity contribution in [1.82, 2.24) is 4.98 Å². The number of nitrogens with one attached hydrogen (secondary N) is 1. The molecule has 0 amide bonds. The average Bonchev–Trinajstić information content (AvgIpc) is 2.28. The van der Waals surface area contributed by atoms with E-state index in [2.05, 4.69) is 10.3 Å². The van der Waals surface area contributed by atoms with Crippen LogP contribution in [0, 0.1) is 6.92 Å². The van der Waals surface area contributed by atoms with Crippen molar-refractivity contribution in [1.29, 1.82) is 0 Å². The van der Waals surface area contributed by atoms with Gasteiger partial charge in [0.05, 0.1) is 5.69 Å². The number of aryl methyl sites for hydroxylation is 1. The van der Waals surface area contributed by atoms with E-state index in [1.165, 1.54) is 6.20 Å². The molecule has 0 fully saturated rings. The summed E-state index contributed by atoms with van der Waals surface area (Å²) in [6, 6.07) is 1.78. The third-order valence-corrected chi connectivity index (χ3v) is 2.60. The van der Waals surface area contributed by atoms with E-state index >= 15 is 0 Å². The van der Waals surface area contributed by atoms with Crippen LogP contribution in [-0.4, -0.2) is 33.8 Å². The molecule has 5 nitrogen and oxygen atoms in total. The largest absolute Gasteiger partial charge is 0.478 e. The van der Waals surface area contributed by atoms with Gasteiger partial charge in [-0.3, -0.25) is 4.98 Å². The summed E-state index contributed by atoms with van der Waals surface area (Å²) in [6.07, 6.45) is 2.77. The first-order valence-electron chi connectivity index (χ1n) is 5.65. The lowest BCUT2D eigenvalue weighted by atomic mass is 10.1. The van der Waals surface area contributed by atoms with E-state index in [0.717, 1.165) is 12.1 Å². The van der Waals surface area contributed by atoms with E-state index in [1.54, 1.807) is 6.07 Å². The maximum absolute atomic E-state index is 11.0. The molecule has 5 heteroatoms. The van der Waals surface area contributed by atoms with Crippen LogP contribution in [0.3, 0.4) is 0 Å². The summed E-state index contributed by atoms with van der Waals surface area (Å²) in [5, 5.41) is 21.1. The maximum Gasteiger partial charge on any atom is 0.339 e. The van der Waals surface area contributed by atoms with Gasteiger partial charge in [-0.2, -0.15) is 0 Å². The minimum atomic E-state index is -1.00. The van der Waals surface area contributed by atoms with Crippen molar-refractivity contribution in [2.45, 2.75) is 32.7 Å². The Morgan fingerprint density at radius 2 is 2.29 bits per heavy atom. The number of aliphatic hydroxyl groups is 1. The highest BCUT2D eigenvalue weighted by atomic mass is 16.4. The second-order valence-corrected chi connectivity index (χ2v) is 3.94. The van der Waals surface area contributed by atoms with Gasteiger partial charge in [-0.25, -0.2) is 4.79 Å². The van der Waals surface area contributed by atoms with Gasteiger partial charge < -0.3 is 15.5 Å². The lowest BCUT2D eigenvalue weighted by Gasteiger charge is -2.18. The van der Waals surface area contributed by atoms with Gasteiger partial charge in [0.1, 0.15) is 5.56 Å². The van der Waals surface area contributed by atoms with Crippen molar-refractivity contribution in [3.8, 4) is 0 Å². The Morgan fingerprint density at radius 3 is 2.82 bits per heavy atom. The molecule has 1 heterocycles. The second-order valence-electron chi connectivity index (χ2n) is 3.94. The molecule has 0 aromatic carbocycles. The number of aromatic carboxylic acids is 1. The highest BCUT2D eigenvalue weighted by Crippen LogP contribution is 2.18. The monoisotopic (exact) mass is 238 g/mol. The number of rotatable bonds is 6. The molecular formula is C12H18N2O3. The first-order chi connectivity index (χ1) is 8.08. The van der Waals surface area contributed by atoms with E-state index in [9.17, 15) is 4.79 Å². The van der Waals surface area contributed by atoms with Crippen LogP contribution in [-0.2, 0) is 0 Å². The van der Waals surface area contributed by atoms with Crippen molar-refractivity contribution in [3.05, 3.63) is 23.5 Å². The zero-order valence-corrected chi connectivity index (χ0v) is 10.1. The Labute approximate surface area is 101 Å². The van der Waals surface area contributed by atoms with E-state index in [0.29, 0.717) is 12.1 Å². The van der Waals surface area contributed by atoms with Crippen LogP contribution in [0.2, 0.25) is 0 Å². The number of pyridine rings is 1. The van der Waals surface area contributed by atoms with Gasteiger partial charge in [0.25, 0.3) is 0 Å². The molecule has 1 unspecified atom stereocenters. The smallest absolute Gasteiger partial charge is 0.339 e. The zero-order valence-electron chi connectivity index (χ0n) is 10.1. The van der Waals surface area contributed by atoms with Crippen LogP contribution in [0.15, 0.2) is 12.3 Å². The summed E-state index contributed by atoms with van der Waals surface area (Å²) in [7, 11) is 0. The van der Waals surface area contributed by atoms with E-state index in [-0.39, 0.29) is 18.2 Å². The molecule has 1 aromatic rings. The Morgan fingerprint density at radius 1 is 1.59 bits per heavy atom. The Bertz CT molecular complexity index is 393. The van der Waals surface area contributed by atoms with Crippen molar-refractivity contribution < 1.29 is 15.0 Å². The minimum Gasteiger partial charge on any atom is -0.478 e. The SMILES string of the molecule is CCC(CCO)Nc1cc(C)ncc1C(=O)O. The Balaban J connectivity index is 2.94. The highest BCUT2D eigenvalue weighted by Gasteiger charge is 2.13. The third kappa shape index (κ3) is 3.71. The first-order valence-corrected chi connectivity index (χ1v) is 5.65. The summed E-state index contributed by atoms with van der Waals surface area (Å²) in [5.41, 5.74) is 1.48. The van der Waals surface area contributed by atoms with E-state index < -0.39 is 5.97 Å². The molecule has 0 saturated heterocycles. The number of hydrogen-bond acceptors (Lipinski definition) is 4. The fourth-order valence-corrected chi connectivity index (χ4v) is 1.60. The van der Waals surface area contributed by atoms with Crippen LogP contribution < -0.4 is 5.32 Å². The van der Waals surface area contributed by atoms with Gasteiger partial charge in [0.15, 0.2) is 0 Å². The van der Waals surface area contributed by atoms with Crippen molar-refractivity contribution in [2.75, 3.05) is 11.9 Å². The third-order valence-electron chi connectivity index (χ3n) is 2.60. The first kappa shape index (κ1) is 13.4. The van der Waals surface area contributed by atoms with Gasteiger partial charge in [-0.1, -0.05) is 6.92 Å². The molecule has 0 saturated carbocycles. The summed E-state index contributed by atoms with van der Waals surface area (Å²) in [4.78, 5) is 15.0. The normalized spacial score (nSPS) is 12.2. The molecule has 0 aliphatic carbocycles. The van der Waals surface area contributed by atoms with Crippen LogP contribution in [0.4, 0.5) is 5.69 Å². The predicted molar refractivity (Wildman–Crippen MR) is 65.3 cm³/mol. The maximum atomic E-state index is 11.0. The molecule has 17 heavy (non-hydrogen) atoms. The molecule has 0 spiro atoms. The van der Waals surface area contributed by atoms with Crippen LogP contribution in [0.5, 0.6) is 0 Å². The van der Waals surface area contributed by atoms with Gasteiger partial charge >= 0.3 is 5.97 Å². The lowest BCUT2D eigenvalue weighted by Crippen LogP contribution is -2.21.